The zero-order valence-corrected chi connectivity index (χ0v) is 40.4. The van der Waals surface area contributed by atoms with Crippen LogP contribution in [0.3, 0.4) is 0 Å². The van der Waals surface area contributed by atoms with Gasteiger partial charge in [0.05, 0.1) is 0 Å². The standard InChI is InChI=1S/C56H94O6/c1-4-7-10-13-16-19-22-25-27-28-29-32-34-37-40-43-46-49-55(58)61-52-53(51-60-54(57)48-45-42-39-36-33-30-24-21-18-15-12-9-6-3)62-56(59)50-47-44-41-38-35-31-26-23-20-17-14-11-8-5-2/h7,10,14,16-17,19,21,23-27,29,32,53H,4-6,8-9,11-13,15,18,20,22,28,30-31,33-52H2,1-3H3/b10-7-,17-14-,19-16-,24-21-,26-23-,27-25-,32-29-. The quantitative estimate of drug-likeness (QED) is 0.0263. The normalized spacial score (nSPS) is 12.8. The van der Waals surface area contributed by atoms with Crippen molar-refractivity contribution in [2.75, 3.05) is 13.2 Å². The Kier molecular flexibility index (Phi) is 47.5. The van der Waals surface area contributed by atoms with E-state index in [1.807, 2.05) is 0 Å². The molecule has 0 N–H and O–H groups in total. The zero-order valence-electron chi connectivity index (χ0n) is 40.4. The van der Waals surface area contributed by atoms with Gasteiger partial charge in [-0.2, -0.15) is 0 Å². The molecule has 62 heavy (non-hydrogen) atoms. The summed E-state index contributed by atoms with van der Waals surface area (Å²) in [7, 11) is 0. The highest BCUT2D eigenvalue weighted by Crippen LogP contribution is 2.13. The summed E-state index contributed by atoms with van der Waals surface area (Å²) in [5, 5.41) is 0. The van der Waals surface area contributed by atoms with Crippen LogP contribution < -0.4 is 0 Å². The molecule has 354 valence electrons. The van der Waals surface area contributed by atoms with Crippen LogP contribution in [0, 0.1) is 0 Å². The van der Waals surface area contributed by atoms with Crippen molar-refractivity contribution in [2.45, 2.75) is 239 Å². The number of carbonyl (C=O) groups excluding carboxylic acids is 3. The van der Waals surface area contributed by atoms with Gasteiger partial charge >= 0.3 is 17.9 Å². The molecule has 1 unspecified atom stereocenters. The number of allylic oxidation sites excluding steroid dienone is 14. The summed E-state index contributed by atoms with van der Waals surface area (Å²) in [5.41, 5.74) is 0. The Balaban J connectivity index is 4.46. The Morgan fingerprint density at radius 2 is 0.645 bits per heavy atom. The van der Waals surface area contributed by atoms with Gasteiger partial charge in [0.2, 0.25) is 0 Å². The van der Waals surface area contributed by atoms with E-state index in [1.54, 1.807) is 0 Å². The highest BCUT2D eigenvalue weighted by molar-refractivity contribution is 5.71. The predicted octanol–water partition coefficient (Wildman–Crippen LogP) is 16.8. The fourth-order valence-corrected chi connectivity index (χ4v) is 6.74. The maximum absolute atomic E-state index is 12.8. The largest absolute Gasteiger partial charge is 0.462 e. The van der Waals surface area contributed by atoms with E-state index >= 15 is 0 Å². The smallest absolute Gasteiger partial charge is 0.306 e. The summed E-state index contributed by atoms with van der Waals surface area (Å²) in [6.07, 6.45) is 64.1. The van der Waals surface area contributed by atoms with Gasteiger partial charge in [0.1, 0.15) is 13.2 Å². The number of unbranched alkanes of at least 4 members (excludes halogenated alkanes) is 20. The SMILES string of the molecule is CC/C=C\C/C=C\C/C=C\C/C=C\CCCCCCC(=O)OCC(COC(=O)CCCCCCC/C=C\CCCCCC)OC(=O)CCCCCCC/C=C\C/C=C\CCCC. The summed E-state index contributed by atoms with van der Waals surface area (Å²) in [5.74, 6) is -0.944. The molecule has 0 heterocycles. The number of carbonyl (C=O) groups is 3. The van der Waals surface area contributed by atoms with Gasteiger partial charge in [0.25, 0.3) is 0 Å². The van der Waals surface area contributed by atoms with Crippen LogP contribution in [-0.4, -0.2) is 37.2 Å². The number of hydrogen-bond acceptors (Lipinski definition) is 6. The van der Waals surface area contributed by atoms with Gasteiger partial charge < -0.3 is 14.2 Å². The number of hydrogen-bond donors (Lipinski definition) is 0. The second-order valence-corrected chi connectivity index (χ2v) is 16.7. The Labute approximate surface area is 382 Å². The number of esters is 3. The van der Waals surface area contributed by atoms with Crippen LogP contribution in [-0.2, 0) is 28.6 Å². The van der Waals surface area contributed by atoms with Gasteiger partial charge in [-0.15, -0.1) is 0 Å². The lowest BCUT2D eigenvalue weighted by atomic mass is 10.1. The lowest BCUT2D eigenvalue weighted by Crippen LogP contribution is -2.30. The van der Waals surface area contributed by atoms with Crippen molar-refractivity contribution in [3.63, 3.8) is 0 Å². The van der Waals surface area contributed by atoms with E-state index < -0.39 is 6.10 Å². The van der Waals surface area contributed by atoms with Crippen LogP contribution in [0.15, 0.2) is 85.1 Å². The average Bonchev–Trinajstić information content (AvgIpc) is 3.27. The molecule has 0 rings (SSSR count). The molecule has 0 aliphatic heterocycles. The average molecular weight is 863 g/mol. The van der Waals surface area contributed by atoms with Crippen LogP contribution in [0.25, 0.3) is 0 Å². The first-order chi connectivity index (χ1) is 30.5. The molecular formula is C56H94O6. The first-order valence-electron chi connectivity index (χ1n) is 25.6. The van der Waals surface area contributed by atoms with Crippen molar-refractivity contribution < 1.29 is 28.6 Å². The number of ether oxygens (including phenoxy) is 3. The van der Waals surface area contributed by atoms with Crippen molar-refractivity contribution in [3.05, 3.63) is 85.1 Å². The van der Waals surface area contributed by atoms with Crippen molar-refractivity contribution in [2.24, 2.45) is 0 Å². The highest BCUT2D eigenvalue weighted by Gasteiger charge is 2.19. The molecule has 6 nitrogen and oxygen atoms in total. The van der Waals surface area contributed by atoms with Crippen LogP contribution in [0.2, 0.25) is 0 Å². The van der Waals surface area contributed by atoms with Crippen LogP contribution in [0.5, 0.6) is 0 Å². The topological polar surface area (TPSA) is 78.9 Å². The molecular weight excluding hydrogens is 769 g/mol. The highest BCUT2D eigenvalue weighted by atomic mass is 16.6. The first-order valence-corrected chi connectivity index (χ1v) is 25.6. The third-order valence-electron chi connectivity index (χ3n) is 10.6. The minimum atomic E-state index is -0.797. The molecule has 0 saturated carbocycles. The Morgan fingerprint density at radius 3 is 1.05 bits per heavy atom. The first kappa shape index (κ1) is 58.6. The van der Waals surface area contributed by atoms with E-state index in [9.17, 15) is 14.4 Å². The third kappa shape index (κ3) is 47.6. The molecule has 0 aromatic heterocycles. The number of rotatable bonds is 45. The van der Waals surface area contributed by atoms with Gasteiger partial charge in [-0.25, -0.2) is 0 Å². The molecule has 0 aliphatic rings. The second kappa shape index (κ2) is 50.2. The fraction of sp³-hybridized carbons (Fsp3) is 0.696. The molecule has 0 aliphatic carbocycles. The molecule has 0 spiro atoms. The van der Waals surface area contributed by atoms with Crippen LogP contribution >= 0.6 is 0 Å². The monoisotopic (exact) mass is 863 g/mol. The predicted molar refractivity (Wildman–Crippen MR) is 265 cm³/mol. The Morgan fingerprint density at radius 1 is 0.339 bits per heavy atom. The van der Waals surface area contributed by atoms with Gasteiger partial charge in [-0.1, -0.05) is 189 Å². The lowest BCUT2D eigenvalue weighted by molar-refractivity contribution is -0.167. The summed E-state index contributed by atoms with van der Waals surface area (Å²) >= 11 is 0. The van der Waals surface area contributed by atoms with E-state index in [1.165, 1.54) is 64.2 Å². The summed E-state index contributed by atoms with van der Waals surface area (Å²) in [6.45, 7) is 6.42. The van der Waals surface area contributed by atoms with Gasteiger partial charge in [-0.05, 0) is 109 Å². The minimum Gasteiger partial charge on any atom is -0.462 e. The van der Waals surface area contributed by atoms with Gasteiger partial charge in [0, 0.05) is 19.3 Å². The fourth-order valence-electron chi connectivity index (χ4n) is 6.74. The van der Waals surface area contributed by atoms with Crippen molar-refractivity contribution in [1.29, 1.82) is 0 Å². The third-order valence-corrected chi connectivity index (χ3v) is 10.6. The van der Waals surface area contributed by atoms with Crippen molar-refractivity contribution in [3.8, 4) is 0 Å². The Hall–Kier alpha value is -3.41. The second-order valence-electron chi connectivity index (χ2n) is 16.7. The van der Waals surface area contributed by atoms with E-state index in [0.717, 1.165) is 128 Å². The van der Waals surface area contributed by atoms with Crippen molar-refractivity contribution in [1.82, 2.24) is 0 Å². The minimum absolute atomic E-state index is 0.0953. The molecule has 0 aromatic carbocycles. The molecule has 0 aromatic rings. The van der Waals surface area contributed by atoms with Gasteiger partial charge in [0.15, 0.2) is 6.10 Å². The summed E-state index contributed by atoms with van der Waals surface area (Å²) in [6, 6.07) is 0. The van der Waals surface area contributed by atoms with E-state index in [-0.39, 0.29) is 31.1 Å². The molecule has 0 radical (unpaired) electrons. The molecule has 0 amide bonds. The van der Waals surface area contributed by atoms with Crippen LogP contribution in [0.4, 0.5) is 0 Å². The lowest BCUT2D eigenvalue weighted by Gasteiger charge is -2.18. The van der Waals surface area contributed by atoms with Gasteiger partial charge in [-0.3, -0.25) is 14.4 Å². The molecule has 6 heteroatoms. The summed E-state index contributed by atoms with van der Waals surface area (Å²) < 4.78 is 16.8. The molecule has 1 atom stereocenters. The maximum atomic E-state index is 12.8. The molecule has 0 saturated heterocycles. The van der Waals surface area contributed by atoms with E-state index in [2.05, 4.69) is 106 Å². The van der Waals surface area contributed by atoms with E-state index in [4.69, 9.17) is 14.2 Å². The molecule has 0 fully saturated rings. The maximum Gasteiger partial charge on any atom is 0.306 e. The van der Waals surface area contributed by atoms with Crippen LogP contribution in [0.1, 0.15) is 233 Å². The summed E-state index contributed by atoms with van der Waals surface area (Å²) in [4.78, 5) is 38.0. The zero-order chi connectivity index (χ0) is 45.1. The molecule has 0 bridgehead atoms. The van der Waals surface area contributed by atoms with E-state index in [0.29, 0.717) is 19.3 Å². The Bertz CT molecular complexity index is 1220. The van der Waals surface area contributed by atoms with Crippen molar-refractivity contribution >= 4 is 17.9 Å².